The molecule has 1 amide bonds. The number of aryl methyl sites for hydroxylation is 1. The van der Waals surface area contributed by atoms with Crippen molar-refractivity contribution in [2.24, 2.45) is 4.99 Å². The molecule has 11 heteroatoms. The molecule has 0 spiro atoms. The number of ether oxygens (including phenoxy) is 2. The third kappa shape index (κ3) is 5.82. The van der Waals surface area contributed by atoms with Gasteiger partial charge in [-0.2, -0.15) is 13.2 Å². The number of hydrogen-bond acceptors (Lipinski definition) is 5. The summed E-state index contributed by atoms with van der Waals surface area (Å²) in [5.41, 5.74) is -0.752. The molecule has 0 radical (unpaired) electrons. The molecule has 0 bridgehead atoms. The number of rotatable bonds is 6. The van der Waals surface area contributed by atoms with Crippen molar-refractivity contribution in [2.45, 2.75) is 32.0 Å². The van der Waals surface area contributed by atoms with Crippen molar-refractivity contribution in [3.05, 3.63) is 88.5 Å². The van der Waals surface area contributed by atoms with E-state index in [2.05, 4.69) is 15.0 Å². The SMILES string of the molecule is COC(=O)C1CCC(c2cc(NC(=O)c3cc(C(F)(F)F)ccc3Oc3ccc(F)cc3C)ccc2F)=N1. The highest BCUT2D eigenvalue weighted by molar-refractivity contribution is 6.08. The van der Waals surface area contributed by atoms with E-state index in [-0.39, 0.29) is 29.2 Å². The number of aliphatic imine (C=N–C) groups is 1. The van der Waals surface area contributed by atoms with E-state index >= 15 is 0 Å². The molecule has 38 heavy (non-hydrogen) atoms. The first-order valence-electron chi connectivity index (χ1n) is 11.4. The Morgan fingerprint density at radius 3 is 2.42 bits per heavy atom. The summed E-state index contributed by atoms with van der Waals surface area (Å²) in [7, 11) is 1.22. The Hall–Kier alpha value is -4.28. The summed E-state index contributed by atoms with van der Waals surface area (Å²) in [5, 5.41) is 2.46. The molecule has 0 fully saturated rings. The molecule has 6 nitrogen and oxygen atoms in total. The van der Waals surface area contributed by atoms with Gasteiger partial charge in [0.15, 0.2) is 0 Å². The average molecular weight is 532 g/mol. The van der Waals surface area contributed by atoms with E-state index in [0.717, 1.165) is 24.3 Å². The van der Waals surface area contributed by atoms with Crippen LogP contribution in [0.2, 0.25) is 0 Å². The molecule has 0 aliphatic carbocycles. The van der Waals surface area contributed by atoms with Gasteiger partial charge in [0.25, 0.3) is 5.91 Å². The molecule has 4 rings (SSSR count). The normalized spacial score (nSPS) is 15.1. The number of amides is 1. The average Bonchev–Trinajstić information content (AvgIpc) is 3.36. The quantitative estimate of drug-likeness (QED) is 0.292. The van der Waals surface area contributed by atoms with Crippen molar-refractivity contribution in [3.63, 3.8) is 0 Å². The van der Waals surface area contributed by atoms with Crippen molar-refractivity contribution in [1.29, 1.82) is 0 Å². The topological polar surface area (TPSA) is 77.0 Å². The Kier molecular flexibility index (Phi) is 7.47. The number of halogens is 5. The number of anilines is 1. The number of alkyl halides is 3. The van der Waals surface area contributed by atoms with E-state index in [1.54, 1.807) is 6.92 Å². The van der Waals surface area contributed by atoms with Gasteiger partial charge in [0.1, 0.15) is 29.2 Å². The lowest BCUT2D eigenvalue weighted by atomic mass is 10.0. The van der Waals surface area contributed by atoms with Crippen LogP contribution < -0.4 is 10.1 Å². The van der Waals surface area contributed by atoms with Crippen molar-refractivity contribution in [1.82, 2.24) is 0 Å². The monoisotopic (exact) mass is 532 g/mol. The van der Waals surface area contributed by atoms with Crippen LogP contribution in [0.3, 0.4) is 0 Å². The fourth-order valence-electron chi connectivity index (χ4n) is 3.94. The minimum absolute atomic E-state index is 0.0386. The first-order valence-corrected chi connectivity index (χ1v) is 11.4. The zero-order valence-electron chi connectivity index (χ0n) is 20.2. The first kappa shape index (κ1) is 26.8. The summed E-state index contributed by atoms with van der Waals surface area (Å²) in [6.45, 7) is 1.54. The number of nitrogens with zero attached hydrogens (tertiary/aromatic N) is 1. The summed E-state index contributed by atoms with van der Waals surface area (Å²) in [6.07, 6.45) is -4.12. The van der Waals surface area contributed by atoms with Crippen LogP contribution in [0, 0.1) is 18.6 Å². The Balaban J connectivity index is 1.66. The Morgan fingerprint density at radius 1 is 1.00 bits per heavy atom. The molecular formula is C27H21F5N2O4. The van der Waals surface area contributed by atoms with Gasteiger partial charge in [-0.1, -0.05) is 0 Å². The van der Waals surface area contributed by atoms with Gasteiger partial charge in [0, 0.05) is 17.0 Å². The third-order valence-corrected chi connectivity index (χ3v) is 5.88. The molecule has 0 aromatic heterocycles. The summed E-state index contributed by atoms with van der Waals surface area (Å²) >= 11 is 0. The molecule has 0 saturated heterocycles. The van der Waals surface area contributed by atoms with Crippen LogP contribution in [0.15, 0.2) is 59.6 Å². The van der Waals surface area contributed by atoms with Gasteiger partial charge in [-0.25, -0.2) is 13.6 Å². The predicted molar refractivity (Wildman–Crippen MR) is 129 cm³/mol. The van der Waals surface area contributed by atoms with Crippen LogP contribution in [0.4, 0.5) is 27.6 Å². The number of benzene rings is 3. The molecule has 3 aromatic rings. The highest BCUT2D eigenvalue weighted by Crippen LogP contribution is 2.35. The zero-order valence-corrected chi connectivity index (χ0v) is 20.2. The Bertz CT molecular complexity index is 1440. The highest BCUT2D eigenvalue weighted by Gasteiger charge is 2.32. The smallest absolute Gasteiger partial charge is 0.416 e. The fraction of sp³-hybridized carbons (Fsp3) is 0.222. The van der Waals surface area contributed by atoms with E-state index in [1.165, 1.54) is 31.4 Å². The second-order valence-electron chi connectivity index (χ2n) is 8.52. The second-order valence-corrected chi connectivity index (χ2v) is 8.52. The molecular weight excluding hydrogens is 511 g/mol. The van der Waals surface area contributed by atoms with Crippen molar-refractivity contribution in [2.75, 3.05) is 12.4 Å². The molecule has 1 N–H and O–H groups in total. The maximum atomic E-state index is 14.6. The van der Waals surface area contributed by atoms with Crippen LogP contribution in [-0.2, 0) is 15.7 Å². The van der Waals surface area contributed by atoms with Gasteiger partial charge in [0.05, 0.1) is 18.2 Å². The molecule has 198 valence electrons. The van der Waals surface area contributed by atoms with E-state index in [1.807, 2.05) is 0 Å². The van der Waals surface area contributed by atoms with Crippen LogP contribution >= 0.6 is 0 Å². The molecule has 1 atom stereocenters. The van der Waals surface area contributed by atoms with Crippen LogP contribution in [0.25, 0.3) is 0 Å². The minimum atomic E-state index is -4.74. The van der Waals surface area contributed by atoms with Gasteiger partial charge < -0.3 is 14.8 Å². The van der Waals surface area contributed by atoms with Gasteiger partial charge in [-0.05, 0) is 79.9 Å². The molecule has 1 aliphatic heterocycles. The second kappa shape index (κ2) is 10.6. The first-order chi connectivity index (χ1) is 18.0. The fourth-order valence-corrected chi connectivity index (χ4v) is 3.94. The number of methoxy groups -OCH3 is 1. The van der Waals surface area contributed by atoms with E-state index in [0.29, 0.717) is 23.8 Å². The lowest BCUT2D eigenvalue weighted by molar-refractivity contribution is -0.142. The van der Waals surface area contributed by atoms with E-state index < -0.39 is 46.9 Å². The van der Waals surface area contributed by atoms with Gasteiger partial charge in [0.2, 0.25) is 0 Å². The number of carbonyl (C=O) groups is 2. The lowest BCUT2D eigenvalue weighted by Gasteiger charge is -2.16. The minimum Gasteiger partial charge on any atom is -0.467 e. The highest BCUT2D eigenvalue weighted by atomic mass is 19.4. The van der Waals surface area contributed by atoms with Crippen LogP contribution in [0.1, 0.15) is 39.9 Å². The van der Waals surface area contributed by atoms with Crippen molar-refractivity contribution in [3.8, 4) is 11.5 Å². The van der Waals surface area contributed by atoms with Gasteiger partial charge in [-0.15, -0.1) is 0 Å². The largest absolute Gasteiger partial charge is 0.467 e. The van der Waals surface area contributed by atoms with Gasteiger partial charge >= 0.3 is 12.1 Å². The summed E-state index contributed by atoms with van der Waals surface area (Å²) in [5.74, 6) is -2.75. The number of esters is 1. The summed E-state index contributed by atoms with van der Waals surface area (Å²) < 4.78 is 78.6. The third-order valence-electron chi connectivity index (χ3n) is 5.88. The summed E-state index contributed by atoms with van der Waals surface area (Å²) in [4.78, 5) is 29.1. The summed E-state index contributed by atoms with van der Waals surface area (Å²) in [6, 6.07) is 8.80. The molecule has 0 saturated carbocycles. The van der Waals surface area contributed by atoms with Gasteiger partial charge in [-0.3, -0.25) is 9.79 Å². The number of carbonyl (C=O) groups excluding carboxylic acids is 2. The van der Waals surface area contributed by atoms with E-state index in [4.69, 9.17) is 4.74 Å². The maximum Gasteiger partial charge on any atom is 0.416 e. The number of hydrogen-bond donors (Lipinski definition) is 1. The molecule has 1 aliphatic rings. The predicted octanol–water partition coefficient (Wildman–Crippen LogP) is 6.46. The molecule has 1 unspecified atom stereocenters. The molecule has 1 heterocycles. The van der Waals surface area contributed by atoms with E-state index in [9.17, 15) is 31.5 Å². The zero-order chi connectivity index (χ0) is 27.6. The van der Waals surface area contributed by atoms with Crippen LogP contribution in [-0.4, -0.2) is 30.7 Å². The van der Waals surface area contributed by atoms with Crippen LogP contribution in [0.5, 0.6) is 11.5 Å². The Labute approximate surface area is 214 Å². The van der Waals surface area contributed by atoms with Crippen molar-refractivity contribution < 1.29 is 41.0 Å². The Morgan fingerprint density at radius 2 is 1.74 bits per heavy atom. The van der Waals surface area contributed by atoms with Crippen molar-refractivity contribution >= 4 is 23.3 Å². The maximum absolute atomic E-state index is 14.6. The standard InChI is InChI=1S/C27H21F5N2O4/c1-14-11-16(28)4-10-23(14)38-24-9-3-15(27(30,31)32)12-19(24)25(35)33-17-5-6-20(29)18(13-17)21-7-8-22(34-21)26(36)37-2/h3-6,9-13,22H,7-8H2,1-2H3,(H,33,35). The number of nitrogens with one attached hydrogen (secondary N) is 1. The molecule has 3 aromatic carbocycles. The lowest BCUT2D eigenvalue weighted by Crippen LogP contribution is -2.17.